The van der Waals surface area contributed by atoms with Crippen molar-refractivity contribution in [3.05, 3.63) is 70.0 Å². The zero-order chi connectivity index (χ0) is 18.8. The van der Waals surface area contributed by atoms with Crippen molar-refractivity contribution in [1.82, 2.24) is 19.9 Å². The number of aromatic nitrogens is 3. The van der Waals surface area contributed by atoms with Crippen LogP contribution in [0.25, 0.3) is 22.6 Å². The van der Waals surface area contributed by atoms with Gasteiger partial charge in [0, 0.05) is 10.4 Å². The molecule has 0 saturated carbocycles. The molecule has 5 nitrogen and oxygen atoms in total. The molecule has 0 spiro atoms. The summed E-state index contributed by atoms with van der Waals surface area (Å²) in [6.45, 7) is 2.08. The molecule has 0 radical (unpaired) electrons. The van der Waals surface area contributed by atoms with E-state index in [1.807, 2.05) is 65.4 Å². The van der Waals surface area contributed by atoms with Crippen LogP contribution in [0.15, 0.2) is 59.4 Å². The first-order chi connectivity index (χ1) is 13.1. The molecule has 27 heavy (non-hydrogen) atoms. The average Bonchev–Trinajstić information content (AvgIpc) is 3.30. The molecule has 0 fully saturated rings. The molecular weight excluding hydrogens is 380 g/mol. The topological polar surface area (TPSA) is 59.8 Å². The highest BCUT2D eigenvalue weighted by Crippen LogP contribution is 2.25. The Hall–Kier alpha value is -2.70. The van der Waals surface area contributed by atoms with Crippen molar-refractivity contribution in [2.24, 2.45) is 0 Å². The fourth-order valence-electron chi connectivity index (χ4n) is 3.09. The molecule has 7 heteroatoms. The summed E-state index contributed by atoms with van der Waals surface area (Å²) in [6.07, 6.45) is 0. The normalized spacial score (nSPS) is 12.2. The van der Waals surface area contributed by atoms with E-state index < -0.39 is 0 Å². The SMILES string of the molecule is C[C@H](NC(=O)Cn1c(-c2cscn2)nc2ccccc21)c1ccccc1Cl. The number of benzene rings is 2. The van der Waals surface area contributed by atoms with Gasteiger partial charge in [-0.15, -0.1) is 11.3 Å². The van der Waals surface area contributed by atoms with Crippen LogP contribution in [0.3, 0.4) is 0 Å². The van der Waals surface area contributed by atoms with Gasteiger partial charge < -0.3 is 9.88 Å². The summed E-state index contributed by atoms with van der Waals surface area (Å²) in [5.74, 6) is 0.583. The Bertz CT molecular complexity index is 1090. The van der Waals surface area contributed by atoms with Crippen molar-refractivity contribution in [2.45, 2.75) is 19.5 Å². The monoisotopic (exact) mass is 396 g/mol. The molecule has 1 amide bonds. The molecule has 4 aromatic rings. The van der Waals surface area contributed by atoms with Crippen LogP contribution >= 0.6 is 22.9 Å². The summed E-state index contributed by atoms with van der Waals surface area (Å²) in [7, 11) is 0. The second-order valence-electron chi connectivity index (χ2n) is 6.19. The van der Waals surface area contributed by atoms with Crippen molar-refractivity contribution in [3.8, 4) is 11.5 Å². The number of halogens is 1. The number of carbonyl (C=O) groups excluding carboxylic acids is 1. The number of rotatable bonds is 5. The maximum Gasteiger partial charge on any atom is 0.240 e. The Morgan fingerprint density at radius 3 is 2.78 bits per heavy atom. The number of hydrogen-bond acceptors (Lipinski definition) is 4. The summed E-state index contributed by atoms with van der Waals surface area (Å²) in [6, 6.07) is 15.1. The van der Waals surface area contributed by atoms with Gasteiger partial charge in [-0.05, 0) is 30.7 Å². The highest BCUT2D eigenvalue weighted by atomic mass is 35.5. The number of nitrogens with zero attached hydrogens (tertiary/aromatic N) is 3. The molecule has 2 aromatic carbocycles. The second-order valence-corrected chi connectivity index (χ2v) is 7.32. The third kappa shape index (κ3) is 3.59. The number of imidazole rings is 1. The van der Waals surface area contributed by atoms with Gasteiger partial charge in [-0.1, -0.05) is 41.9 Å². The van der Waals surface area contributed by atoms with Crippen molar-refractivity contribution < 1.29 is 4.79 Å². The number of thiazole rings is 1. The average molecular weight is 397 g/mol. The molecule has 0 bridgehead atoms. The number of amides is 1. The van der Waals surface area contributed by atoms with Crippen molar-refractivity contribution in [3.63, 3.8) is 0 Å². The minimum atomic E-state index is -0.191. The van der Waals surface area contributed by atoms with E-state index in [9.17, 15) is 4.79 Å². The zero-order valence-corrected chi connectivity index (χ0v) is 16.2. The predicted molar refractivity (Wildman–Crippen MR) is 109 cm³/mol. The number of para-hydroxylation sites is 2. The van der Waals surface area contributed by atoms with Crippen molar-refractivity contribution >= 4 is 39.9 Å². The summed E-state index contributed by atoms with van der Waals surface area (Å²) in [5, 5.41) is 5.60. The van der Waals surface area contributed by atoms with Crippen molar-refractivity contribution in [1.29, 1.82) is 0 Å². The van der Waals surface area contributed by atoms with Gasteiger partial charge in [-0.2, -0.15) is 0 Å². The van der Waals surface area contributed by atoms with Gasteiger partial charge in [0.05, 0.1) is 22.6 Å². The smallest absolute Gasteiger partial charge is 0.240 e. The lowest BCUT2D eigenvalue weighted by Crippen LogP contribution is -2.30. The lowest BCUT2D eigenvalue weighted by Gasteiger charge is -2.16. The van der Waals surface area contributed by atoms with E-state index in [1.165, 1.54) is 11.3 Å². The molecular formula is C20H17ClN4OS. The van der Waals surface area contributed by atoms with Crippen molar-refractivity contribution in [2.75, 3.05) is 0 Å². The fraction of sp³-hybridized carbons (Fsp3) is 0.150. The first-order valence-corrected chi connectivity index (χ1v) is 9.83. The first-order valence-electron chi connectivity index (χ1n) is 8.51. The molecule has 0 unspecified atom stereocenters. The largest absolute Gasteiger partial charge is 0.348 e. The van der Waals surface area contributed by atoms with Gasteiger partial charge in [0.25, 0.3) is 0 Å². The Morgan fingerprint density at radius 2 is 2.00 bits per heavy atom. The van der Waals surface area contributed by atoms with Gasteiger partial charge >= 0.3 is 0 Å². The van der Waals surface area contributed by atoms with Crippen LogP contribution in [-0.2, 0) is 11.3 Å². The molecule has 136 valence electrons. The van der Waals surface area contributed by atoms with Crippen LogP contribution in [0.4, 0.5) is 0 Å². The molecule has 2 heterocycles. The number of nitrogens with one attached hydrogen (secondary N) is 1. The predicted octanol–water partition coefficient (Wildman–Crippen LogP) is 4.69. The van der Waals surface area contributed by atoms with E-state index >= 15 is 0 Å². The van der Waals surface area contributed by atoms with E-state index in [1.54, 1.807) is 5.51 Å². The molecule has 4 rings (SSSR count). The van der Waals surface area contributed by atoms with E-state index in [0.29, 0.717) is 10.8 Å². The minimum Gasteiger partial charge on any atom is -0.348 e. The maximum atomic E-state index is 12.8. The van der Waals surface area contributed by atoms with Crippen LogP contribution in [-0.4, -0.2) is 20.4 Å². The molecule has 0 aliphatic rings. The molecule has 0 aliphatic heterocycles. The summed E-state index contributed by atoms with van der Waals surface area (Å²) >= 11 is 7.74. The molecule has 2 aromatic heterocycles. The molecule has 1 atom stereocenters. The van der Waals surface area contributed by atoms with Gasteiger partial charge in [-0.25, -0.2) is 9.97 Å². The fourth-order valence-corrected chi connectivity index (χ4v) is 3.92. The van der Waals surface area contributed by atoms with Crippen LogP contribution in [0, 0.1) is 0 Å². The van der Waals surface area contributed by atoms with E-state index in [2.05, 4.69) is 15.3 Å². The van der Waals surface area contributed by atoms with Gasteiger partial charge in [0.15, 0.2) is 5.82 Å². The third-order valence-electron chi connectivity index (χ3n) is 4.37. The minimum absolute atomic E-state index is 0.109. The molecule has 0 saturated heterocycles. The third-order valence-corrected chi connectivity index (χ3v) is 5.30. The van der Waals surface area contributed by atoms with E-state index in [-0.39, 0.29) is 18.5 Å². The zero-order valence-electron chi connectivity index (χ0n) is 14.6. The van der Waals surface area contributed by atoms with Crippen LogP contribution in [0.5, 0.6) is 0 Å². The summed E-state index contributed by atoms with van der Waals surface area (Å²) in [5.41, 5.74) is 5.16. The molecule has 0 aliphatic carbocycles. The standard InChI is InChI=1S/C20H17ClN4OS/c1-13(14-6-2-3-7-15(14)21)23-19(26)10-25-18-9-5-4-8-16(18)24-20(25)17-11-27-12-22-17/h2-9,11-13H,10H2,1H3,(H,23,26)/t13-/m0/s1. The number of fused-ring (bicyclic) bond motifs is 1. The Balaban J connectivity index is 1.62. The van der Waals surface area contributed by atoms with Crippen LogP contribution < -0.4 is 5.32 Å². The van der Waals surface area contributed by atoms with Crippen LogP contribution in [0.1, 0.15) is 18.5 Å². The van der Waals surface area contributed by atoms with Gasteiger partial charge in [0.2, 0.25) is 5.91 Å². The lowest BCUT2D eigenvalue weighted by atomic mass is 10.1. The Morgan fingerprint density at radius 1 is 1.22 bits per heavy atom. The number of hydrogen-bond donors (Lipinski definition) is 1. The first kappa shape index (κ1) is 17.7. The quantitative estimate of drug-likeness (QED) is 0.532. The molecule has 1 N–H and O–H groups in total. The summed E-state index contributed by atoms with van der Waals surface area (Å²) < 4.78 is 1.90. The highest BCUT2D eigenvalue weighted by molar-refractivity contribution is 7.07. The highest BCUT2D eigenvalue weighted by Gasteiger charge is 2.18. The van der Waals surface area contributed by atoms with E-state index in [4.69, 9.17) is 11.6 Å². The van der Waals surface area contributed by atoms with Crippen LogP contribution in [0.2, 0.25) is 5.02 Å². The number of carbonyl (C=O) groups is 1. The van der Waals surface area contributed by atoms with Gasteiger partial charge in [-0.3, -0.25) is 4.79 Å². The van der Waals surface area contributed by atoms with E-state index in [0.717, 1.165) is 22.3 Å². The Kier molecular flexibility index (Phi) is 4.92. The summed E-state index contributed by atoms with van der Waals surface area (Å²) in [4.78, 5) is 21.8. The lowest BCUT2D eigenvalue weighted by molar-refractivity contribution is -0.122. The van der Waals surface area contributed by atoms with Gasteiger partial charge in [0.1, 0.15) is 12.2 Å². The maximum absolute atomic E-state index is 12.8. The second kappa shape index (κ2) is 7.50. The Labute approximate surface area is 165 Å².